The summed E-state index contributed by atoms with van der Waals surface area (Å²) in [6.45, 7) is 7.63. The molecule has 1 saturated heterocycles. The van der Waals surface area contributed by atoms with E-state index in [1.165, 1.54) is 53.4 Å². The first-order valence-corrected chi connectivity index (χ1v) is 12.7. The van der Waals surface area contributed by atoms with Crippen LogP contribution in [0.15, 0.2) is 29.8 Å². The molecule has 1 aliphatic heterocycles. The van der Waals surface area contributed by atoms with Crippen molar-refractivity contribution in [1.82, 2.24) is 10.3 Å². The van der Waals surface area contributed by atoms with Gasteiger partial charge in [-0.15, -0.1) is 0 Å². The maximum atomic E-state index is 12.9. The first-order valence-electron chi connectivity index (χ1n) is 12.7. The van der Waals surface area contributed by atoms with Crippen molar-refractivity contribution in [3.05, 3.63) is 46.7 Å². The number of H-pyrrole nitrogens is 1. The number of aromatic nitrogens is 1. The normalized spacial score (nSPS) is 36.3. The van der Waals surface area contributed by atoms with Crippen LogP contribution >= 0.6 is 0 Å². The second-order valence-electron chi connectivity index (χ2n) is 11.3. The molecular weight excluding hydrogens is 396 g/mol. The van der Waals surface area contributed by atoms with Crippen molar-refractivity contribution < 1.29 is 9.53 Å². The number of esters is 1. The minimum absolute atomic E-state index is 0.00237. The van der Waals surface area contributed by atoms with Crippen LogP contribution in [0, 0.1) is 30.1 Å². The van der Waals surface area contributed by atoms with Gasteiger partial charge >= 0.3 is 5.97 Å². The number of ether oxygens (including phenoxy) is 1. The summed E-state index contributed by atoms with van der Waals surface area (Å²) >= 11 is 0. The van der Waals surface area contributed by atoms with Crippen molar-refractivity contribution in [2.45, 2.75) is 77.9 Å². The molecule has 3 aliphatic carbocycles. The number of hydrogen-bond acceptors (Lipinski definition) is 3. The molecule has 32 heavy (non-hydrogen) atoms. The molecule has 6 rings (SSSR count). The predicted octanol–water partition coefficient (Wildman–Crippen LogP) is 5.76. The van der Waals surface area contributed by atoms with E-state index in [9.17, 15) is 4.79 Å². The Morgan fingerprint density at radius 3 is 3.00 bits per heavy atom. The third-order valence-corrected chi connectivity index (χ3v) is 9.03. The fourth-order valence-electron chi connectivity index (χ4n) is 7.33. The Morgan fingerprint density at radius 1 is 1.25 bits per heavy atom. The Morgan fingerprint density at radius 2 is 2.12 bits per heavy atom. The number of aromatic amines is 1. The SMILES string of the molecule is Cc1ccc2[nH]c3c(c2c1)CCCC3NCC1C(=O)OC2CC3(C)CCCC(C)C3=CC21. The molecule has 4 aliphatic rings. The van der Waals surface area contributed by atoms with Gasteiger partial charge in [0.1, 0.15) is 6.10 Å². The van der Waals surface area contributed by atoms with Gasteiger partial charge in [-0.05, 0) is 74.5 Å². The first kappa shape index (κ1) is 20.5. The summed E-state index contributed by atoms with van der Waals surface area (Å²) in [7, 11) is 0. The van der Waals surface area contributed by atoms with Crippen molar-refractivity contribution in [2.75, 3.05) is 6.54 Å². The summed E-state index contributed by atoms with van der Waals surface area (Å²) in [6.07, 6.45) is 10.8. The second kappa shape index (κ2) is 7.48. The Labute approximate surface area is 191 Å². The number of nitrogens with one attached hydrogen (secondary N) is 2. The van der Waals surface area contributed by atoms with Gasteiger partial charge in [-0.3, -0.25) is 4.79 Å². The maximum Gasteiger partial charge on any atom is 0.311 e. The number of carbonyl (C=O) groups excluding carboxylic acids is 1. The van der Waals surface area contributed by atoms with Gasteiger partial charge in [0.25, 0.3) is 0 Å². The Bertz CT molecular complexity index is 1100. The van der Waals surface area contributed by atoms with E-state index in [-0.39, 0.29) is 35.4 Å². The van der Waals surface area contributed by atoms with Crippen molar-refractivity contribution in [3.63, 3.8) is 0 Å². The van der Waals surface area contributed by atoms with Gasteiger partial charge in [0.05, 0.1) is 5.92 Å². The zero-order chi connectivity index (χ0) is 22.0. The molecule has 0 spiro atoms. The molecule has 1 aromatic carbocycles. The van der Waals surface area contributed by atoms with Crippen LogP contribution < -0.4 is 5.32 Å². The largest absolute Gasteiger partial charge is 0.461 e. The molecule has 1 aromatic heterocycles. The highest BCUT2D eigenvalue weighted by molar-refractivity contribution is 5.85. The lowest BCUT2D eigenvalue weighted by molar-refractivity contribution is -0.145. The van der Waals surface area contributed by atoms with E-state index in [1.54, 1.807) is 5.57 Å². The van der Waals surface area contributed by atoms with E-state index in [4.69, 9.17) is 4.74 Å². The summed E-state index contributed by atoms with van der Waals surface area (Å²) in [5, 5.41) is 5.16. The van der Waals surface area contributed by atoms with Crippen LogP contribution in [0.2, 0.25) is 0 Å². The third kappa shape index (κ3) is 3.17. The van der Waals surface area contributed by atoms with E-state index in [1.807, 2.05) is 0 Å². The Kier molecular flexibility index (Phi) is 4.80. The van der Waals surface area contributed by atoms with Crippen LogP contribution in [-0.4, -0.2) is 23.6 Å². The quantitative estimate of drug-likeness (QED) is 0.479. The van der Waals surface area contributed by atoms with E-state index < -0.39 is 0 Å². The maximum absolute atomic E-state index is 12.9. The molecule has 170 valence electrons. The summed E-state index contributed by atoms with van der Waals surface area (Å²) in [4.78, 5) is 16.6. The predicted molar refractivity (Wildman–Crippen MR) is 127 cm³/mol. The van der Waals surface area contributed by atoms with Crippen LogP contribution in [0.3, 0.4) is 0 Å². The van der Waals surface area contributed by atoms with Crippen molar-refractivity contribution in [3.8, 4) is 0 Å². The molecule has 4 heteroatoms. The number of hydrogen-bond donors (Lipinski definition) is 2. The molecule has 1 saturated carbocycles. The number of benzene rings is 1. The number of aryl methyl sites for hydroxylation is 2. The molecular formula is C28H36N2O2. The first-order chi connectivity index (χ1) is 15.4. The van der Waals surface area contributed by atoms with Crippen LogP contribution in [-0.2, 0) is 16.0 Å². The average molecular weight is 433 g/mol. The smallest absolute Gasteiger partial charge is 0.311 e. The molecule has 6 unspecified atom stereocenters. The minimum Gasteiger partial charge on any atom is -0.461 e. The summed E-state index contributed by atoms with van der Waals surface area (Å²) in [5.74, 6) is 0.799. The topological polar surface area (TPSA) is 54.1 Å². The van der Waals surface area contributed by atoms with Crippen LogP contribution in [0.4, 0.5) is 0 Å². The summed E-state index contributed by atoms with van der Waals surface area (Å²) in [6, 6.07) is 6.98. The van der Waals surface area contributed by atoms with Gasteiger partial charge in [0.15, 0.2) is 0 Å². The van der Waals surface area contributed by atoms with Gasteiger partial charge in [-0.1, -0.05) is 43.5 Å². The van der Waals surface area contributed by atoms with Gasteiger partial charge in [0.2, 0.25) is 0 Å². The molecule has 0 bridgehead atoms. The lowest BCUT2D eigenvalue weighted by Crippen LogP contribution is -2.40. The zero-order valence-corrected chi connectivity index (χ0v) is 19.7. The number of rotatable bonds is 3. The summed E-state index contributed by atoms with van der Waals surface area (Å²) in [5.41, 5.74) is 7.16. The summed E-state index contributed by atoms with van der Waals surface area (Å²) < 4.78 is 5.97. The van der Waals surface area contributed by atoms with Gasteiger partial charge in [-0.25, -0.2) is 0 Å². The molecule has 0 radical (unpaired) electrons. The minimum atomic E-state index is -0.0665. The highest BCUT2D eigenvalue weighted by Crippen LogP contribution is 2.54. The van der Waals surface area contributed by atoms with Crippen molar-refractivity contribution >= 4 is 16.9 Å². The molecule has 2 N–H and O–H groups in total. The van der Waals surface area contributed by atoms with Gasteiger partial charge in [0, 0.05) is 35.1 Å². The highest BCUT2D eigenvalue weighted by Gasteiger charge is 2.51. The highest BCUT2D eigenvalue weighted by atomic mass is 16.6. The zero-order valence-electron chi connectivity index (χ0n) is 19.7. The van der Waals surface area contributed by atoms with Crippen LogP contribution in [0.1, 0.15) is 75.2 Å². The van der Waals surface area contributed by atoms with Gasteiger partial charge in [-0.2, -0.15) is 0 Å². The van der Waals surface area contributed by atoms with E-state index >= 15 is 0 Å². The molecule has 2 fully saturated rings. The molecule has 4 nitrogen and oxygen atoms in total. The lowest BCUT2D eigenvalue weighted by atomic mass is 9.59. The fraction of sp³-hybridized carbons (Fsp3) is 0.607. The molecule has 2 aromatic rings. The number of fused-ring (bicyclic) bond motifs is 5. The lowest BCUT2D eigenvalue weighted by Gasteiger charge is -2.46. The Balaban J connectivity index is 1.24. The van der Waals surface area contributed by atoms with E-state index in [0.29, 0.717) is 12.5 Å². The number of allylic oxidation sites excluding steroid dienone is 1. The van der Waals surface area contributed by atoms with Crippen LogP contribution in [0.5, 0.6) is 0 Å². The third-order valence-electron chi connectivity index (χ3n) is 9.03. The standard InChI is InChI=1S/C28H36N2O2/c1-16-9-10-23-19(12-16)18-7-4-8-24(26(18)30-23)29-15-21-20-13-22-17(2)6-5-11-28(22,3)14-25(20)32-27(21)31/h9-10,12-13,17,20-21,24-25,29-30H,4-8,11,14-15H2,1-3H3. The number of carbonyl (C=O) groups is 1. The molecule has 2 heterocycles. The van der Waals surface area contributed by atoms with Crippen molar-refractivity contribution in [1.29, 1.82) is 0 Å². The van der Waals surface area contributed by atoms with Gasteiger partial charge < -0.3 is 15.0 Å². The average Bonchev–Trinajstić information content (AvgIpc) is 3.27. The monoisotopic (exact) mass is 432 g/mol. The fourth-order valence-corrected chi connectivity index (χ4v) is 7.33. The molecule has 6 atom stereocenters. The Hall–Kier alpha value is -2.07. The van der Waals surface area contributed by atoms with Crippen LogP contribution in [0.25, 0.3) is 10.9 Å². The van der Waals surface area contributed by atoms with E-state index in [2.05, 4.69) is 55.3 Å². The van der Waals surface area contributed by atoms with E-state index in [0.717, 1.165) is 19.3 Å². The van der Waals surface area contributed by atoms with Crippen molar-refractivity contribution in [2.24, 2.45) is 23.2 Å². The second-order valence-corrected chi connectivity index (χ2v) is 11.3. The molecule has 0 amide bonds.